The van der Waals surface area contributed by atoms with Gasteiger partial charge >= 0.3 is 0 Å². The maximum Gasteiger partial charge on any atom is 0.149 e. The van der Waals surface area contributed by atoms with Crippen molar-refractivity contribution in [2.75, 3.05) is 17.6 Å². The quantitative estimate of drug-likeness (QED) is 0.799. The number of nitrogens with one attached hydrogen (secondary N) is 2. The van der Waals surface area contributed by atoms with Gasteiger partial charge in [-0.1, -0.05) is 0 Å². The molecule has 0 saturated carbocycles. The Hall–Kier alpha value is -1.56. The lowest BCUT2D eigenvalue weighted by molar-refractivity contribution is 0.922. The molecule has 2 aromatic rings. The predicted molar refractivity (Wildman–Crippen MR) is 67.1 cm³/mol. The summed E-state index contributed by atoms with van der Waals surface area (Å²) in [6.45, 7) is 0.742. The lowest BCUT2D eigenvalue weighted by Gasteiger charge is -2.07. The minimum Gasteiger partial charge on any atom is -0.396 e. The minimum atomic E-state index is 0.633. The molecule has 2 aromatic heterocycles. The molecule has 0 aromatic carbocycles. The number of H-pyrrole nitrogens is 1. The third kappa shape index (κ3) is 2.73. The van der Waals surface area contributed by atoms with E-state index in [1.807, 2.05) is 12.3 Å². The molecule has 0 aliphatic carbocycles. The maximum absolute atomic E-state index is 5.80. The average Bonchev–Trinajstić information content (AvgIpc) is 2.74. The van der Waals surface area contributed by atoms with Crippen molar-refractivity contribution < 1.29 is 0 Å². The van der Waals surface area contributed by atoms with Crippen LogP contribution in [0.2, 0.25) is 0 Å². The van der Waals surface area contributed by atoms with Crippen molar-refractivity contribution in [3.8, 4) is 0 Å². The molecule has 0 fully saturated rings. The molecule has 4 N–H and O–H groups in total. The van der Waals surface area contributed by atoms with E-state index < -0.39 is 0 Å². The number of nitrogens with zero attached hydrogens (tertiary/aromatic N) is 2. The number of rotatable bonds is 4. The summed E-state index contributed by atoms with van der Waals surface area (Å²) in [6, 6.07) is 1.82. The molecule has 0 radical (unpaired) electrons. The van der Waals surface area contributed by atoms with Gasteiger partial charge in [0.15, 0.2) is 0 Å². The van der Waals surface area contributed by atoms with Gasteiger partial charge in [0.2, 0.25) is 0 Å². The summed E-state index contributed by atoms with van der Waals surface area (Å²) in [7, 11) is 0. The molecule has 0 saturated heterocycles. The van der Waals surface area contributed by atoms with Crippen molar-refractivity contribution in [3.63, 3.8) is 0 Å². The molecule has 0 aliphatic heterocycles. The number of pyridine rings is 1. The largest absolute Gasteiger partial charge is 0.396 e. The number of nitrogen functional groups attached to an aromatic ring is 1. The van der Waals surface area contributed by atoms with Gasteiger partial charge in [0.25, 0.3) is 0 Å². The molecule has 0 unspecified atom stereocenters. The molecule has 6 heteroatoms. The van der Waals surface area contributed by atoms with Crippen LogP contribution in [0.3, 0.4) is 0 Å². The van der Waals surface area contributed by atoms with E-state index in [9.17, 15) is 0 Å². The van der Waals surface area contributed by atoms with Gasteiger partial charge in [0.05, 0.1) is 5.69 Å². The number of aromatic nitrogens is 3. The lowest BCUT2D eigenvalue weighted by atomic mass is 10.3. The van der Waals surface area contributed by atoms with Gasteiger partial charge in [-0.25, -0.2) is 9.97 Å². The van der Waals surface area contributed by atoms with Crippen LogP contribution in [-0.4, -0.2) is 21.5 Å². The smallest absolute Gasteiger partial charge is 0.149 e. The zero-order valence-corrected chi connectivity index (χ0v) is 10.2. The molecule has 5 nitrogen and oxygen atoms in total. The highest BCUT2D eigenvalue weighted by Crippen LogP contribution is 2.19. The fourth-order valence-corrected chi connectivity index (χ4v) is 1.69. The summed E-state index contributed by atoms with van der Waals surface area (Å²) in [5.74, 6) is 1.65. The van der Waals surface area contributed by atoms with E-state index in [1.54, 1.807) is 12.4 Å². The fraction of sp³-hybridized carbons (Fsp3) is 0.200. The number of aromatic amines is 1. The van der Waals surface area contributed by atoms with Gasteiger partial charge in [-0.3, -0.25) is 0 Å². The number of nitrogens with two attached hydrogens (primary N) is 1. The Kier molecular flexibility index (Phi) is 3.40. The normalized spacial score (nSPS) is 10.3. The van der Waals surface area contributed by atoms with Crippen LogP contribution in [0, 0.1) is 0 Å². The highest BCUT2D eigenvalue weighted by Gasteiger charge is 2.01. The minimum absolute atomic E-state index is 0.633. The summed E-state index contributed by atoms with van der Waals surface area (Å²) < 4.78 is 0.876. The Morgan fingerprint density at radius 2 is 2.31 bits per heavy atom. The van der Waals surface area contributed by atoms with Crippen LogP contribution < -0.4 is 11.1 Å². The van der Waals surface area contributed by atoms with Gasteiger partial charge in [-0.2, -0.15) is 0 Å². The van der Waals surface area contributed by atoms with Gasteiger partial charge in [0.1, 0.15) is 11.6 Å². The molecule has 0 atom stereocenters. The van der Waals surface area contributed by atoms with Crippen molar-refractivity contribution in [2.24, 2.45) is 0 Å². The molecular weight excluding hydrogens is 270 g/mol. The summed E-state index contributed by atoms with van der Waals surface area (Å²) in [5, 5.41) is 3.16. The molecule has 16 heavy (non-hydrogen) atoms. The van der Waals surface area contributed by atoms with Crippen LogP contribution in [0.4, 0.5) is 11.5 Å². The van der Waals surface area contributed by atoms with E-state index in [0.29, 0.717) is 11.5 Å². The first-order chi connectivity index (χ1) is 7.75. The highest BCUT2D eigenvalue weighted by molar-refractivity contribution is 9.10. The zero-order valence-electron chi connectivity index (χ0n) is 8.57. The Morgan fingerprint density at radius 1 is 1.44 bits per heavy atom. The van der Waals surface area contributed by atoms with Gasteiger partial charge in [-0.05, 0) is 22.0 Å². The van der Waals surface area contributed by atoms with Crippen molar-refractivity contribution in [3.05, 3.63) is 35.0 Å². The summed E-state index contributed by atoms with van der Waals surface area (Å²) >= 11 is 3.31. The predicted octanol–water partition coefficient (Wildman–Crippen LogP) is 1.80. The molecular formula is C10H12BrN5. The Balaban J connectivity index is 1.90. The van der Waals surface area contributed by atoms with Crippen LogP contribution in [0.15, 0.2) is 29.1 Å². The van der Waals surface area contributed by atoms with Gasteiger partial charge in [0, 0.05) is 36.0 Å². The van der Waals surface area contributed by atoms with E-state index in [2.05, 4.69) is 36.2 Å². The molecule has 0 bridgehead atoms. The summed E-state index contributed by atoms with van der Waals surface area (Å²) in [5.41, 5.74) is 6.44. The Morgan fingerprint density at radius 3 is 3.00 bits per heavy atom. The van der Waals surface area contributed by atoms with E-state index in [0.717, 1.165) is 23.3 Å². The number of imidazole rings is 1. The topological polar surface area (TPSA) is 79.6 Å². The van der Waals surface area contributed by atoms with Crippen LogP contribution >= 0.6 is 15.9 Å². The lowest BCUT2D eigenvalue weighted by Crippen LogP contribution is -2.09. The zero-order chi connectivity index (χ0) is 11.4. The number of anilines is 2. The first-order valence-corrected chi connectivity index (χ1v) is 5.68. The SMILES string of the molecule is Nc1cc(Br)cnc1NCCc1ncc[nH]1. The van der Waals surface area contributed by atoms with Gasteiger partial charge in [-0.15, -0.1) is 0 Å². The third-order valence-electron chi connectivity index (χ3n) is 2.09. The Labute approximate surface area is 102 Å². The second-order valence-corrected chi connectivity index (χ2v) is 4.22. The van der Waals surface area contributed by atoms with Crippen LogP contribution in [0.25, 0.3) is 0 Å². The number of hydrogen-bond acceptors (Lipinski definition) is 4. The van der Waals surface area contributed by atoms with Crippen LogP contribution in [0.1, 0.15) is 5.82 Å². The van der Waals surface area contributed by atoms with Crippen LogP contribution in [0.5, 0.6) is 0 Å². The molecule has 0 aliphatic rings. The molecule has 84 valence electrons. The first kappa shape index (κ1) is 10.9. The average molecular weight is 282 g/mol. The van der Waals surface area contributed by atoms with Crippen molar-refractivity contribution >= 4 is 27.4 Å². The maximum atomic E-state index is 5.80. The van der Waals surface area contributed by atoms with Crippen molar-refractivity contribution in [2.45, 2.75) is 6.42 Å². The second-order valence-electron chi connectivity index (χ2n) is 3.30. The second kappa shape index (κ2) is 4.98. The molecule has 2 rings (SSSR count). The molecule has 2 heterocycles. The number of halogens is 1. The highest BCUT2D eigenvalue weighted by atomic mass is 79.9. The standard InChI is InChI=1S/C10H12BrN5/c11-7-5-8(12)10(16-6-7)15-2-1-9-13-3-4-14-9/h3-6H,1-2,12H2,(H,13,14)(H,15,16). The molecule has 0 spiro atoms. The van der Waals surface area contributed by atoms with E-state index in [1.165, 1.54) is 0 Å². The van der Waals surface area contributed by atoms with Gasteiger partial charge < -0.3 is 16.0 Å². The molecule has 0 amide bonds. The third-order valence-corrected chi connectivity index (χ3v) is 2.53. The van der Waals surface area contributed by atoms with E-state index >= 15 is 0 Å². The van der Waals surface area contributed by atoms with Crippen LogP contribution in [-0.2, 0) is 6.42 Å². The fourth-order valence-electron chi connectivity index (χ4n) is 1.34. The van der Waals surface area contributed by atoms with E-state index in [-0.39, 0.29) is 0 Å². The first-order valence-electron chi connectivity index (χ1n) is 4.89. The monoisotopic (exact) mass is 281 g/mol. The Bertz CT molecular complexity index is 454. The van der Waals surface area contributed by atoms with Crippen molar-refractivity contribution in [1.82, 2.24) is 15.0 Å². The van der Waals surface area contributed by atoms with E-state index in [4.69, 9.17) is 5.73 Å². The summed E-state index contributed by atoms with van der Waals surface area (Å²) in [6.07, 6.45) is 6.07. The number of hydrogen-bond donors (Lipinski definition) is 3. The van der Waals surface area contributed by atoms with Crippen molar-refractivity contribution in [1.29, 1.82) is 0 Å². The summed E-state index contributed by atoms with van der Waals surface area (Å²) in [4.78, 5) is 11.3.